The number of rotatable bonds is 28. The van der Waals surface area contributed by atoms with Crippen LogP contribution in [0.2, 0.25) is 0 Å². The molecule has 488 valence electrons. The van der Waals surface area contributed by atoms with Gasteiger partial charge in [-0.25, -0.2) is 4.79 Å². The first-order valence-electron chi connectivity index (χ1n) is 30.2. The van der Waals surface area contributed by atoms with E-state index >= 15 is 0 Å². The average Bonchev–Trinajstić information content (AvgIpc) is 2.23. The quantitative estimate of drug-likeness (QED) is 0.0185. The first-order valence-corrected chi connectivity index (χ1v) is 31.3. The third-order valence-electron chi connectivity index (χ3n) is 15.0. The van der Waals surface area contributed by atoms with Gasteiger partial charge in [0.1, 0.15) is 30.5 Å². The summed E-state index contributed by atoms with van der Waals surface area (Å²) in [7, 11) is 0. The summed E-state index contributed by atoms with van der Waals surface area (Å²) >= 11 is 1.85. The molecule has 0 saturated carbocycles. The number of fused-ring (bicyclic) bond motifs is 3. The second-order valence-corrected chi connectivity index (χ2v) is 23.5. The molecular formula is C57H90N16O14S. The lowest BCUT2D eigenvalue weighted by Crippen LogP contribution is -2.58. The van der Waals surface area contributed by atoms with Gasteiger partial charge in [-0.1, -0.05) is 37.1 Å². The zero-order chi connectivity index (χ0) is 63.8. The Morgan fingerprint density at radius 2 is 1.44 bits per heavy atom. The van der Waals surface area contributed by atoms with Gasteiger partial charge in [0.2, 0.25) is 41.4 Å². The molecule has 0 aliphatic carbocycles. The number of aromatic hydroxyl groups is 1. The predicted octanol–water partition coefficient (Wildman–Crippen LogP) is -2.26. The van der Waals surface area contributed by atoms with Crippen molar-refractivity contribution >= 4 is 76.7 Å². The number of unbranched alkanes of at least 4 members (excludes halogenated alkanes) is 2. The van der Waals surface area contributed by atoms with Crippen molar-refractivity contribution in [2.45, 2.75) is 158 Å². The van der Waals surface area contributed by atoms with Gasteiger partial charge in [0.05, 0.1) is 63.4 Å². The molecule has 0 unspecified atom stereocenters. The van der Waals surface area contributed by atoms with Gasteiger partial charge in [0.25, 0.3) is 0 Å². The summed E-state index contributed by atoms with van der Waals surface area (Å²) < 4.78 is 18.2. The van der Waals surface area contributed by atoms with E-state index < -0.39 is 103 Å². The number of ether oxygens (including phenoxy) is 3. The fraction of sp³-hybridized carbons (Fsp3) is 0.667. The predicted molar refractivity (Wildman–Crippen MR) is 323 cm³/mol. The summed E-state index contributed by atoms with van der Waals surface area (Å²) in [5.41, 5.74) is 23.4. The largest absolute Gasteiger partial charge is 0.508 e. The maximum Gasteiger partial charge on any atom is 0.315 e. The van der Waals surface area contributed by atoms with E-state index in [0.717, 1.165) is 25.0 Å². The van der Waals surface area contributed by atoms with Crippen molar-refractivity contribution < 1.29 is 67.3 Å². The lowest BCUT2D eigenvalue weighted by molar-refractivity contribution is -0.135. The van der Waals surface area contributed by atoms with Crippen molar-refractivity contribution in [3.05, 3.63) is 41.7 Å². The number of guanidine groups is 1. The number of amides is 9. The van der Waals surface area contributed by atoms with E-state index in [4.69, 9.17) is 37.1 Å². The maximum absolute atomic E-state index is 14.3. The fourth-order valence-corrected chi connectivity index (χ4v) is 11.7. The van der Waals surface area contributed by atoms with Gasteiger partial charge in [0, 0.05) is 80.8 Å². The molecule has 31 heteroatoms. The zero-order valence-electron chi connectivity index (χ0n) is 50.1. The Kier molecular flexibility index (Phi) is 31.4. The highest BCUT2D eigenvalue weighted by atomic mass is 32.2. The molecule has 2 bridgehead atoms. The minimum atomic E-state index is -1.38. The van der Waals surface area contributed by atoms with Gasteiger partial charge in [-0.15, -0.1) is 5.10 Å². The number of benzene rings is 1. The topological polar surface area (TPSA) is 462 Å². The minimum absolute atomic E-state index is 0.0155. The summed E-state index contributed by atoms with van der Waals surface area (Å²) in [5.74, 6) is -6.76. The number of urea groups is 1. The Morgan fingerprint density at radius 1 is 0.761 bits per heavy atom. The Balaban J connectivity index is 1.19. The van der Waals surface area contributed by atoms with Crippen molar-refractivity contribution in [3.63, 3.8) is 0 Å². The molecule has 88 heavy (non-hydrogen) atoms. The van der Waals surface area contributed by atoms with E-state index in [9.17, 15) is 53.1 Å². The van der Waals surface area contributed by atoms with Crippen LogP contribution in [0.4, 0.5) is 4.79 Å². The number of nitrogens with two attached hydrogens (primary N) is 4. The van der Waals surface area contributed by atoms with E-state index in [2.05, 4.69) is 57.8 Å². The van der Waals surface area contributed by atoms with Crippen LogP contribution in [0.25, 0.3) is 0 Å². The van der Waals surface area contributed by atoms with Crippen LogP contribution in [0, 0.1) is 11.8 Å². The van der Waals surface area contributed by atoms with Gasteiger partial charge >= 0.3 is 6.03 Å². The number of aromatic nitrogens is 3. The third-order valence-corrected chi connectivity index (χ3v) is 16.5. The third kappa shape index (κ3) is 26.5. The van der Waals surface area contributed by atoms with Gasteiger partial charge < -0.3 is 84.8 Å². The van der Waals surface area contributed by atoms with Crippen molar-refractivity contribution in [1.29, 1.82) is 0 Å². The maximum atomic E-state index is 14.3. The normalized spacial score (nSPS) is 23.7. The summed E-state index contributed by atoms with van der Waals surface area (Å²) in [6, 6.07) is 0.951. The molecule has 1 aromatic carbocycles. The number of hydrogen-bond acceptors (Lipinski definition) is 19. The van der Waals surface area contributed by atoms with Crippen molar-refractivity contribution in [2.75, 3.05) is 71.6 Å². The summed E-state index contributed by atoms with van der Waals surface area (Å²) in [4.78, 5) is 138. The second kappa shape index (κ2) is 38.7. The standard InChI is InChI=1S/C57H90N16O14S/c1-35-27-46(76)43(65-49(78)33-87-26-25-86-24-23-85-22-20-62-48(77)13-3-2-12-47-50-45(34-88-47)69-57(84)70-50)30-38-32-73(72-71-38)21-7-5-9-37(51(59)79)29-40(75)31-64-53(81)41(11-8-19-63-56(60)61)67-55(83)44(28-36-14-16-39(74)17-15-36)68-54(82)42(66-52(35)80)10-4-6-18-58/h14-17,32,35,37,41-45,47,50,74H,2-13,18-31,33-34,58H2,1H3,(H2,59,79)(H,62,77)(H,64,81)(H,65,78)(H,66,80)(H,67,83)(H,68,82)(H4,60,61,63)(H2,69,70,84)/t35-,37-,41+,42+,43+,44+,45-,47-,50-/m1/s1. The molecule has 17 N–H and O–H groups in total. The molecule has 5 rings (SSSR count). The molecule has 30 nitrogen and oxygen atoms in total. The number of phenols is 1. The van der Waals surface area contributed by atoms with Gasteiger partial charge in [-0.05, 0) is 82.0 Å². The molecule has 9 atom stereocenters. The van der Waals surface area contributed by atoms with Crippen LogP contribution in [0.3, 0.4) is 0 Å². The Hall–Kier alpha value is -7.48. The van der Waals surface area contributed by atoms with E-state index in [-0.39, 0.29) is 127 Å². The molecule has 4 heterocycles. The number of hydrogen-bond donors (Lipinski definition) is 13. The van der Waals surface area contributed by atoms with Crippen LogP contribution in [-0.2, 0) is 76.7 Å². The average molecular weight is 1260 g/mol. The summed E-state index contributed by atoms with van der Waals surface area (Å²) in [5, 5.41) is 40.9. The zero-order valence-corrected chi connectivity index (χ0v) is 51.0. The highest BCUT2D eigenvalue weighted by Crippen LogP contribution is 2.33. The van der Waals surface area contributed by atoms with Crippen LogP contribution in [0.15, 0.2) is 35.5 Å². The molecule has 9 amide bonds. The Labute approximate surface area is 516 Å². The van der Waals surface area contributed by atoms with Crippen molar-refractivity contribution in [1.82, 2.24) is 57.5 Å². The SMILES string of the molecule is C[C@@H]1CC(=O)[C@@H](NC(=O)COCCOCCOCCNC(=O)CCCC[C@H]2SC[C@H]3NC(=O)N[C@H]32)Cc2cn(nn2)CCCC[C@@H](C(N)=O)CC(=O)CNC(=O)[C@H](CCCN=C(N)N)NC(=O)[C@H](Cc2ccc(O)cc2)NC(=O)[C@H](CCCCN)NC1=O. The molecule has 2 saturated heterocycles. The van der Waals surface area contributed by atoms with Crippen LogP contribution in [0.5, 0.6) is 5.75 Å². The fourth-order valence-electron chi connectivity index (χ4n) is 10.1. The molecule has 2 aromatic rings. The number of phenolic OH excluding ortho intramolecular Hbond substituents is 1. The van der Waals surface area contributed by atoms with Crippen LogP contribution in [0.1, 0.15) is 108 Å². The molecule has 3 aliphatic rings. The van der Waals surface area contributed by atoms with Gasteiger partial charge in [-0.3, -0.25) is 52.8 Å². The van der Waals surface area contributed by atoms with E-state index in [1.807, 2.05) is 11.8 Å². The van der Waals surface area contributed by atoms with E-state index in [1.54, 1.807) is 6.20 Å². The monoisotopic (exact) mass is 1250 g/mol. The Morgan fingerprint density at radius 3 is 2.18 bits per heavy atom. The summed E-state index contributed by atoms with van der Waals surface area (Å²) in [6.07, 6.45) is 5.87. The minimum Gasteiger partial charge on any atom is -0.508 e. The lowest BCUT2D eigenvalue weighted by Gasteiger charge is -2.26. The molecule has 0 radical (unpaired) electrons. The number of aliphatic imine (C=N–C) groups is 1. The highest BCUT2D eigenvalue weighted by Gasteiger charge is 2.42. The number of nitrogens with one attached hydrogen (secondary N) is 8. The van der Waals surface area contributed by atoms with Crippen LogP contribution < -0.4 is 65.5 Å². The van der Waals surface area contributed by atoms with Gasteiger partial charge in [-0.2, -0.15) is 11.8 Å². The molecule has 3 aliphatic heterocycles. The number of carbonyl (C=O) groups is 10. The van der Waals surface area contributed by atoms with E-state index in [0.29, 0.717) is 61.7 Å². The number of primary amides is 1. The molecular weight excluding hydrogens is 1160 g/mol. The number of Topliss-reactive ketones (excluding diaryl/α,β-unsaturated/α-hetero) is 2. The number of ketones is 2. The smallest absolute Gasteiger partial charge is 0.315 e. The van der Waals surface area contributed by atoms with Crippen molar-refractivity contribution in [3.8, 4) is 5.75 Å². The van der Waals surface area contributed by atoms with Crippen molar-refractivity contribution in [2.24, 2.45) is 39.8 Å². The van der Waals surface area contributed by atoms with E-state index in [1.165, 1.54) is 35.9 Å². The highest BCUT2D eigenvalue weighted by molar-refractivity contribution is 8.00. The number of aryl methyl sites for hydroxylation is 1. The van der Waals surface area contributed by atoms with Crippen LogP contribution in [-0.4, -0.2) is 198 Å². The summed E-state index contributed by atoms with van der Waals surface area (Å²) in [6.45, 7) is 2.48. The van der Waals surface area contributed by atoms with Crippen LogP contribution >= 0.6 is 11.8 Å². The molecule has 1 aromatic heterocycles. The number of nitrogens with zero attached hydrogens (tertiary/aromatic N) is 4. The first-order chi connectivity index (χ1) is 42.3. The number of thioether (sulfide) groups is 1. The Bertz CT molecular complexity index is 2640. The van der Waals surface area contributed by atoms with Gasteiger partial charge in [0.15, 0.2) is 17.5 Å². The second-order valence-electron chi connectivity index (χ2n) is 22.2. The molecule has 2 fully saturated rings. The number of carbonyl (C=O) groups excluding carboxylic acids is 10. The first kappa shape index (κ1) is 71.3. The molecule has 0 spiro atoms. The lowest BCUT2D eigenvalue weighted by atomic mass is 9.95.